The first-order valence-electron chi connectivity index (χ1n) is 7.12. The van der Waals surface area contributed by atoms with Crippen molar-refractivity contribution in [2.75, 3.05) is 25.1 Å². The van der Waals surface area contributed by atoms with E-state index in [4.69, 9.17) is 21.1 Å². The lowest BCUT2D eigenvalue weighted by atomic mass is 10.3. The minimum Gasteiger partial charge on any atom is -0.479 e. The van der Waals surface area contributed by atoms with Crippen molar-refractivity contribution >= 4 is 40.3 Å². The van der Waals surface area contributed by atoms with Crippen molar-refractivity contribution < 1.29 is 18.3 Å². The molecule has 0 radical (unpaired) electrons. The van der Waals surface area contributed by atoms with Gasteiger partial charge in [0.05, 0.1) is 12.0 Å². The molecular formula is C15H13ClF2N4O2S. The van der Waals surface area contributed by atoms with Gasteiger partial charge in [0.25, 0.3) is 5.88 Å². The number of alkyl halides is 1. The van der Waals surface area contributed by atoms with Gasteiger partial charge in [0.2, 0.25) is 5.88 Å². The molecule has 3 aromatic heterocycles. The van der Waals surface area contributed by atoms with Crippen molar-refractivity contribution in [3.63, 3.8) is 0 Å². The first-order valence-corrected chi connectivity index (χ1v) is 8.31. The van der Waals surface area contributed by atoms with Crippen molar-refractivity contribution in [2.24, 2.45) is 0 Å². The molecule has 3 aromatic rings. The number of halogens is 3. The lowest BCUT2D eigenvalue weighted by molar-refractivity contribution is 0.249. The van der Waals surface area contributed by atoms with Crippen LogP contribution in [0.3, 0.4) is 0 Å². The van der Waals surface area contributed by atoms with E-state index in [1.54, 1.807) is 12.3 Å². The van der Waals surface area contributed by atoms with Gasteiger partial charge in [-0.05, 0) is 24.1 Å². The summed E-state index contributed by atoms with van der Waals surface area (Å²) in [6, 6.07) is 4.69. The SMILES string of the molecule is COc1nc(OCCF)c(F)cc1NSc1c[nH]c2nc(Cl)ccc12. The molecule has 0 unspecified atom stereocenters. The second-order valence-electron chi connectivity index (χ2n) is 4.76. The van der Waals surface area contributed by atoms with E-state index in [0.29, 0.717) is 16.5 Å². The molecule has 132 valence electrons. The molecular weight excluding hydrogens is 374 g/mol. The Labute approximate surface area is 151 Å². The van der Waals surface area contributed by atoms with Crippen LogP contribution in [0.15, 0.2) is 29.3 Å². The zero-order chi connectivity index (χ0) is 17.8. The van der Waals surface area contributed by atoms with E-state index in [0.717, 1.165) is 10.3 Å². The zero-order valence-corrected chi connectivity index (χ0v) is 14.5. The number of methoxy groups -OCH3 is 1. The van der Waals surface area contributed by atoms with Crippen LogP contribution in [0.5, 0.6) is 11.8 Å². The molecule has 25 heavy (non-hydrogen) atoms. The third-order valence-corrected chi connectivity index (χ3v) is 4.25. The number of ether oxygens (including phenoxy) is 2. The third kappa shape index (κ3) is 3.88. The molecule has 0 atom stereocenters. The molecule has 0 spiro atoms. The zero-order valence-electron chi connectivity index (χ0n) is 13.0. The Morgan fingerprint density at radius 3 is 2.92 bits per heavy atom. The van der Waals surface area contributed by atoms with Gasteiger partial charge in [0, 0.05) is 17.6 Å². The number of nitrogens with zero attached hydrogens (tertiary/aromatic N) is 2. The molecule has 0 amide bonds. The van der Waals surface area contributed by atoms with Crippen molar-refractivity contribution in [3.05, 3.63) is 35.4 Å². The molecule has 0 saturated carbocycles. The van der Waals surface area contributed by atoms with Crippen LogP contribution in [0.2, 0.25) is 5.15 Å². The molecule has 0 aliphatic carbocycles. The average molecular weight is 387 g/mol. The molecule has 6 nitrogen and oxygen atoms in total. The topological polar surface area (TPSA) is 72.1 Å². The Balaban J connectivity index is 1.81. The summed E-state index contributed by atoms with van der Waals surface area (Å²) in [7, 11) is 1.40. The standard InChI is InChI=1S/C15H13ClF2N4O2S/c1-23-15-10(6-9(18)14(21-15)24-5-4-17)22-25-11-7-19-13-8(11)2-3-12(16)20-13/h2-3,6-7,22H,4-5H2,1H3,(H,19,20). The number of H-pyrrole nitrogens is 1. The van der Waals surface area contributed by atoms with Gasteiger partial charge >= 0.3 is 0 Å². The number of aromatic nitrogens is 3. The average Bonchev–Trinajstić information content (AvgIpc) is 3.01. The molecule has 0 aliphatic heterocycles. The Morgan fingerprint density at radius 2 is 2.16 bits per heavy atom. The van der Waals surface area contributed by atoms with E-state index < -0.39 is 12.5 Å². The Bertz CT molecular complexity index is 893. The first kappa shape index (κ1) is 17.6. The first-order chi connectivity index (χ1) is 12.1. The summed E-state index contributed by atoms with van der Waals surface area (Å²) >= 11 is 7.08. The molecule has 0 saturated heterocycles. The minimum absolute atomic E-state index is 0.128. The quantitative estimate of drug-likeness (QED) is 0.467. The molecule has 0 aliphatic rings. The number of aromatic amines is 1. The van der Waals surface area contributed by atoms with Gasteiger partial charge in [-0.1, -0.05) is 11.6 Å². The predicted octanol–water partition coefficient (Wildman–Crippen LogP) is 4.23. The van der Waals surface area contributed by atoms with Crippen LogP contribution in [0.1, 0.15) is 0 Å². The van der Waals surface area contributed by atoms with Crippen LogP contribution in [0.25, 0.3) is 11.0 Å². The van der Waals surface area contributed by atoms with Crippen LogP contribution in [-0.2, 0) is 0 Å². The number of nitrogens with one attached hydrogen (secondary N) is 2. The fourth-order valence-corrected chi connectivity index (χ4v) is 2.98. The van der Waals surface area contributed by atoms with Crippen LogP contribution < -0.4 is 14.2 Å². The summed E-state index contributed by atoms with van der Waals surface area (Å²) in [5.41, 5.74) is 0.955. The highest BCUT2D eigenvalue weighted by molar-refractivity contribution is 8.00. The number of hydrogen-bond acceptors (Lipinski definition) is 6. The second kappa shape index (κ2) is 7.75. The van der Waals surface area contributed by atoms with Gasteiger partial charge in [0.1, 0.15) is 29.8 Å². The third-order valence-electron chi connectivity index (χ3n) is 3.16. The van der Waals surface area contributed by atoms with E-state index in [2.05, 4.69) is 19.7 Å². The van der Waals surface area contributed by atoms with E-state index in [9.17, 15) is 8.78 Å². The van der Waals surface area contributed by atoms with Gasteiger partial charge < -0.3 is 19.2 Å². The molecule has 10 heteroatoms. The molecule has 3 rings (SSSR count). The van der Waals surface area contributed by atoms with Crippen molar-refractivity contribution in [3.8, 4) is 11.8 Å². The highest BCUT2D eigenvalue weighted by Gasteiger charge is 2.15. The Hall–Kier alpha value is -2.26. The maximum absolute atomic E-state index is 14.0. The summed E-state index contributed by atoms with van der Waals surface area (Å²) in [4.78, 5) is 11.9. The lowest BCUT2D eigenvalue weighted by Gasteiger charge is -2.12. The van der Waals surface area contributed by atoms with E-state index >= 15 is 0 Å². The number of rotatable bonds is 7. The fraction of sp³-hybridized carbons (Fsp3) is 0.200. The summed E-state index contributed by atoms with van der Waals surface area (Å²) in [5, 5.41) is 1.24. The number of hydrogen-bond donors (Lipinski definition) is 2. The maximum atomic E-state index is 14.0. The van der Waals surface area contributed by atoms with Crippen LogP contribution in [-0.4, -0.2) is 35.3 Å². The smallest absolute Gasteiger partial charge is 0.253 e. The van der Waals surface area contributed by atoms with E-state index in [-0.39, 0.29) is 18.4 Å². The van der Waals surface area contributed by atoms with Crippen LogP contribution >= 0.6 is 23.5 Å². The minimum atomic E-state index is -0.738. The largest absolute Gasteiger partial charge is 0.479 e. The summed E-state index contributed by atoms with van der Waals surface area (Å²) in [5.74, 6) is -0.899. The summed E-state index contributed by atoms with van der Waals surface area (Å²) in [6.45, 7) is -1.02. The van der Waals surface area contributed by atoms with Crippen molar-refractivity contribution in [2.45, 2.75) is 4.90 Å². The predicted molar refractivity (Wildman–Crippen MR) is 92.8 cm³/mol. The molecule has 2 N–H and O–H groups in total. The van der Waals surface area contributed by atoms with Gasteiger partial charge in [-0.3, -0.25) is 0 Å². The van der Waals surface area contributed by atoms with Crippen LogP contribution in [0, 0.1) is 5.82 Å². The molecule has 0 fully saturated rings. The molecule has 3 heterocycles. The van der Waals surface area contributed by atoms with E-state index in [1.807, 2.05) is 6.07 Å². The second-order valence-corrected chi connectivity index (χ2v) is 5.99. The Kier molecular flexibility index (Phi) is 5.44. The highest BCUT2D eigenvalue weighted by Crippen LogP contribution is 2.34. The van der Waals surface area contributed by atoms with Gasteiger partial charge in [-0.15, -0.1) is 0 Å². The van der Waals surface area contributed by atoms with Crippen molar-refractivity contribution in [1.82, 2.24) is 15.0 Å². The van der Waals surface area contributed by atoms with Gasteiger partial charge in [-0.2, -0.15) is 4.98 Å². The van der Waals surface area contributed by atoms with Crippen LogP contribution in [0.4, 0.5) is 14.5 Å². The monoisotopic (exact) mass is 386 g/mol. The summed E-state index contributed by atoms with van der Waals surface area (Å²) < 4.78 is 39.2. The van der Waals surface area contributed by atoms with Gasteiger partial charge in [-0.25, -0.2) is 13.8 Å². The van der Waals surface area contributed by atoms with Crippen molar-refractivity contribution in [1.29, 1.82) is 0 Å². The normalized spacial score (nSPS) is 10.9. The maximum Gasteiger partial charge on any atom is 0.253 e. The molecule has 0 bridgehead atoms. The molecule has 0 aromatic carbocycles. The highest BCUT2D eigenvalue weighted by atomic mass is 35.5. The number of fused-ring (bicyclic) bond motifs is 1. The lowest BCUT2D eigenvalue weighted by Crippen LogP contribution is -2.05. The number of pyridine rings is 2. The number of anilines is 1. The summed E-state index contributed by atoms with van der Waals surface area (Å²) in [6.07, 6.45) is 1.75. The van der Waals surface area contributed by atoms with Gasteiger partial charge in [0.15, 0.2) is 5.82 Å². The Morgan fingerprint density at radius 1 is 1.32 bits per heavy atom. The fourth-order valence-electron chi connectivity index (χ4n) is 2.07. The van der Waals surface area contributed by atoms with E-state index in [1.165, 1.54) is 25.1 Å².